The number of hydrogen-bond donors (Lipinski definition) is 1. The number of hydrogen-bond acceptors (Lipinski definition) is 5. The van der Waals surface area contributed by atoms with Crippen molar-refractivity contribution in [3.8, 4) is 0 Å². The van der Waals surface area contributed by atoms with Gasteiger partial charge in [0, 0.05) is 44.4 Å². The van der Waals surface area contributed by atoms with E-state index in [-0.39, 0.29) is 38.4 Å². The van der Waals surface area contributed by atoms with Crippen LogP contribution in [0.15, 0.2) is 10.9 Å². The fourth-order valence-electron chi connectivity index (χ4n) is 3.09. The van der Waals surface area contributed by atoms with Gasteiger partial charge in [-0.15, -0.1) is 11.3 Å². The molecule has 0 spiro atoms. The van der Waals surface area contributed by atoms with Crippen LogP contribution in [-0.4, -0.2) is 70.0 Å². The second-order valence-electron chi connectivity index (χ2n) is 6.21. The van der Waals surface area contributed by atoms with Crippen LogP contribution in [0, 0.1) is 0 Å². The maximum absolute atomic E-state index is 13.2. The molecule has 1 atom stereocenters. The zero-order valence-electron chi connectivity index (χ0n) is 12.2. The van der Waals surface area contributed by atoms with Gasteiger partial charge in [-0.3, -0.25) is 9.69 Å². The molecule has 2 fully saturated rings. The first-order valence-electron chi connectivity index (χ1n) is 7.37. The molecule has 0 radical (unpaired) electrons. The van der Waals surface area contributed by atoms with Gasteiger partial charge in [0.25, 0.3) is 11.8 Å². The van der Waals surface area contributed by atoms with Crippen molar-refractivity contribution in [3.63, 3.8) is 0 Å². The molecule has 0 unspecified atom stereocenters. The third kappa shape index (κ3) is 3.44. The van der Waals surface area contributed by atoms with Crippen LogP contribution in [-0.2, 0) is 0 Å². The third-order valence-electron chi connectivity index (χ3n) is 4.38. The van der Waals surface area contributed by atoms with Crippen molar-refractivity contribution in [2.75, 3.05) is 32.7 Å². The summed E-state index contributed by atoms with van der Waals surface area (Å²) in [6, 6.07) is 0. The van der Waals surface area contributed by atoms with Crippen LogP contribution in [0.4, 0.5) is 8.78 Å². The lowest BCUT2D eigenvalue weighted by Gasteiger charge is -2.36. The number of amides is 1. The number of thiazole rings is 1. The number of nitrogens with zero attached hydrogens (tertiary/aromatic N) is 3. The number of carbonyl (C=O) groups is 1. The maximum Gasteiger partial charge on any atom is 0.273 e. The number of halogens is 2. The van der Waals surface area contributed by atoms with Crippen LogP contribution in [0.2, 0.25) is 0 Å². The van der Waals surface area contributed by atoms with E-state index in [1.54, 1.807) is 15.8 Å². The highest BCUT2D eigenvalue weighted by molar-refractivity contribution is 7.07. The van der Waals surface area contributed by atoms with E-state index in [1.165, 1.54) is 11.3 Å². The summed E-state index contributed by atoms with van der Waals surface area (Å²) < 4.78 is 26.3. The fraction of sp³-hybridized carbons (Fsp3) is 0.714. The molecule has 2 aliphatic rings. The minimum Gasteiger partial charge on any atom is -0.387 e. The largest absolute Gasteiger partial charge is 0.387 e. The van der Waals surface area contributed by atoms with Gasteiger partial charge in [-0.1, -0.05) is 0 Å². The molecule has 22 heavy (non-hydrogen) atoms. The predicted octanol–water partition coefficient (Wildman–Crippen LogP) is 1.45. The molecule has 3 heterocycles. The van der Waals surface area contributed by atoms with Crippen LogP contribution in [0.3, 0.4) is 0 Å². The molecule has 1 aromatic heterocycles. The zero-order chi connectivity index (χ0) is 15.8. The van der Waals surface area contributed by atoms with E-state index >= 15 is 0 Å². The lowest BCUT2D eigenvalue weighted by Crippen LogP contribution is -2.49. The first-order chi connectivity index (χ1) is 10.4. The topological polar surface area (TPSA) is 56.7 Å². The van der Waals surface area contributed by atoms with Crippen LogP contribution in [0.25, 0.3) is 0 Å². The molecule has 5 nitrogen and oxygen atoms in total. The summed E-state index contributed by atoms with van der Waals surface area (Å²) in [4.78, 5) is 19.7. The highest BCUT2D eigenvalue weighted by Gasteiger charge is 2.42. The second kappa shape index (κ2) is 5.82. The lowest BCUT2D eigenvalue weighted by atomic mass is 10.00. The van der Waals surface area contributed by atoms with Gasteiger partial charge in [-0.25, -0.2) is 13.8 Å². The first kappa shape index (κ1) is 15.8. The lowest BCUT2D eigenvalue weighted by molar-refractivity contribution is -0.0720. The van der Waals surface area contributed by atoms with Gasteiger partial charge in [-0.05, 0) is 6.42 Å². The van der Waals surface area contributed by atoms with Crippen LogP contribution >= 0.6 is 11.3 Å². The van der Waals surface area contributed by atoms with Gasteiger partial charge in [0.2, 0.25) is 0 Å². The molecule has 0 saturated carbocycles. The Morgan fingerprint density at radius 1 is 1.32 bits per heavy atom. The minimum atomic E-state index is -2.58. The summed E-state index contributed by atoms with van der Waals surface area (Å²) >= 11 is 1.35. The summed E-state index contributed by atoms with van der Waals surface area (Å²) in [7, 11) is 0. The van der Waals surface area contributed by atoms with Crippen molar-refractivity contribution in [3.05, 3.63) is 16.6 Å². The summed E-state index contributed by atoms with van der Waals surface area (Å²) in [5.41, 5.74) is 0.980. The Morgan fingerprint density at radius 3 is 2.68 bits per heavy atom. The van der Waals surface area contributed by atoms with E-state index in [4.69, 9.17) is 0 Å². The van der Waals surface area contributed by atoms with E-state index in [2.05, 4.69) is 4.98 Å². The smallest absolute Gasteiger partial charge is 0.273 e. The second-order valence-corrected chi connectivity index (χ2v) is 6.93. The maximum atomic E-state index is 13.2. The number of rotatable bonds is 3. The molecular weight excluding hydrogens is 312 g/mol. The summed E-state index contributed by atoms with van der Waals surface area (Å²) in [6.45, 7) is 1.61. The third-order valence-corrected chi connectivity index (χ3v) is 4.96. The highest BCUT2D eigenvalue weighted by atomic mass is 32.1. The molecule has 1 amide bonds. The van der Waals surface area contributed by atoms with Crippen molar-refractivity contribution in [2.45, 2.75) is 30.8 Å². The monoisotopic (exact) mass is 331 g/mol. The molecule has 1 aromatic rings. The number of aromatic nitrogens is 1. The Hall–Kier alpha value is -1.12. The van der Waals surface area contributed by atoms with E-state index in [0.29, 0.717) is 25.2 Å². The SMILES string of the molecule is O=C(c1cscn1)N1CC[C@](O)(CN2CCC(F)(F)CC2)C1. The molecule has 8 heteroatoms. The van der Waals surface area contributed by atoms with Gasteiger partial charge >= 0.3 is 0 Å². The Bertz CT molecular complexity index is 530. The predicted molar refractivity (Wildman–Crippen MR) is 78.2 cm³/mol. The van der Waals surface area contributed by atoms with E-state index in [0.717, 1.165) is 0 Å². The first-order valence-corrected chi connectivity index (χ1v) is 8.31. The Kier molecular flexibility index (Phi) is 4.17. The van der Waals surface area contributed by atoms with Crippen molar-refractivity contribution in [1.29, 1.82) is 0 Å². The van der Waals surface area contributed by atoms with E-state index < -0.39 is 11.5 Å². The molecule has 0 bridgehead atoms. The Morgan fingerprint density at radius 2 is 2.05 bits per heavy atom. The van der Waals surface area contributed by atoms with Crippen molar-refractivity contribution < 1.29 is 18.7 Å². The number of alkyl halides is 2. The van der Waals surface area contributed by atoms with E-state index in [1.807, 2.05) is 4.90 Å². The van der Waals surface area contributed by atoms with E-state index in [9.17, 15) is 18.7 Å². The summed E-state index contributed by atoms with van der Waals surface area (Å²) in [6.07, 6.45) is 0.144. The zero-order valence-corrected chi connectivity index (χ0v) is 13.0. The summed E-state index contributed by atoms with van der Waals surface area (Å²) in [5.74, 6) is -2.76. The molecule has 2 saturated heterocycles. The van der Waals surface area contributed by atoms with Gasteiger partial charge in [0.15, 0.2) is 0 Å². The number of carbonyl (C=O) groups excluding carboxylic acids is 1. The molecule has 2 aliphatic heterocycles. The Balaban J connectivity index is 1.56. The number of β-amino-alcohol motifs (C(OH)–C–C–N with tert-alkyl or cyclic N) is 1. The van der Waals surface area contributed by atoms with Gasteiger partial charge < -0.3 is 10.0 Å². The van der Waals surface area contributed by atoms with Crippen molar-refractivity contribution in [1.82, 2.24) is 14.8 Å². The van der Waals surface area contributed by atoms with Crippen molar-refractivity contribution >= 4 is 17.2 Å². The quantitative estimate of drug-likeness (QED) is 0.911. The highest BCUT2D eigenvalue weighted by Crippen LogP contribution is 2.30. The van der Waals surface area contributed by atoms with Crippen LogP contribution in [0.1, 0.15) is 29.8 Å². The van der Waals surface area contributed by atoms with Gasteiger partial charge in [0.1, 0.15) is 5.69 Å². The number of piperidine rings is 1. The molecule has 1 N–H and O–H groups in total. The molecule has 0 aromatic carbocycles. The van der Waals surface area contributed by atoms with Gasteiger partial charge in [0.05, 0.1) is 17.7 Å². The molecule has 122 valence electrons. The average molecular weight is 331 g/mol. The summed E-state index contributed by atoms with van der Waals surface area (Å²) in [5, 5.41) is 12.3. The number of likely N-dealkylation sites (tertiary alicyclic amines) is 2. The minimum absolute atomic E-state index is 0.162. The standard InChI is InChI=1S/C14H19F2N3O2S/c15-14(16)2-4-18(5-3-14)8-13(21)1-6-19(9-13)12(20)11-7-22-10-17-11/h7,10,21H,1-6,8-9H2/t13-/m0/s1. The molecule has 0 aliphatic carbocycles. The Labute approximate surface area is 131 Å². The molecular formula is C14H19F2N3O2S. The van der Waals surface area contributed by atoms with Crippen LogP contribution < -0.4 is 0 Å². The van der Waals surface area contributed by atoms with Crippen molar-refractivity contribution in [2.24, 2.45) is 0 Å². The van der Waals surface area contributed by atoms with Gasteiger partial charge in [-0.2, -0.15) is 0 Å². The van der Waals surface area contributed by atoms with Crippen LogP contribution in [0.5, 0.6) is 0 Å². The molecule has 3 rings (SSSR count). The number of aliphatic hydroxyl groups is 1. The average Bonchev–Trinajstić information content (AvgIpc) is 3.11. The fourth-order valence-corrected chi connectivity index (χ4v) is 3.62. The normalized spacial score (nSPS) is 29.0.